The third kappa shape index (κ3) is 10.2. The molecular formula is C30H29F7N4O6S. The van der Waals surface area contributed by atoms with Gasteiger partial charge in [-0.2, -0.15) is 0 Å². The van der Waals surface area contributed by atoms with Gasteiger partial charge in [-0.3, -0.25) is 19.2 Å². The van der Waals surface area contributed by atoms with Crippen molar-refractivity contribution < 1.29 is 58.2 Å². The highest BCUT2D eigenvalue weighted by Gasteiger charge is 2.37. The molecule has 1 aliphatic heterocycles. The first-order chi connectivity index (χ1) is 22.3. The highest BCUT2D eigenvalue weighted by molar-refractivity contribution is 7.92. The number of sulfonamides is 1. The van der Waals surface area contributed by atoms with E-state index >= 15 is 0 Å². The van der Waals surface area contributed by atoms with E-state index < -0.39 is 75.6 Å². The van der Waals surface area contributed by atoms with E-state index in [9.17, 15) is 48.7 Å². The standard InChI is InChI=1S/C30H29F7N4O6S/c1-2-25(27(38)42)39-28(43)20-11-21(31)13-22(12-20)40-48(44,45)16-17-14-41(15-17)26(18-3-7-23(8-4-18)46-29(32,33)34)19-5-9-24(10-6-19)47-30(35,36)37/h3-13,17,25-26,40H,2,14-16H2,1H3,(H2,38,42)(H,39,43). The number of hydrogen-bond acceptors (Lipinski definition) is 7. The van der Waals surface area contributed by atoms with Gasteiger partial charge < -0.3 is 20.5 Å². The minimum absolute atomic E-state index is 0.148. The predicted octanol–water partition coefficient (Wildman–Crippen LogP) is 5.08. The average molecular weight is 707 g/mol. The molecule has 0 radical (unpaired) electrons. The quantitative estimate of drug-likeness (QED) is 0.211. The monoisotopic (exact) mass is 706 g/mol. The molecule has 2 amide bonds. The van der Waals surface area contributed by atoms with Gasteiger partial charge in [-0.1, -0.05) is 31.2 Å². The lowest BCUT2D eigenvalue weighted by atomic mass is 9.91. The van der Waals surface area contributed by atoms with Crippen molar-refractivity contribution in [3.8, 4) is 11.5 Å². The molecule has 260 valence electrons. The Morgan fingerprint density at radius 2 is 1.40 bits per heavy atom. The van der Waals surface area contributed by atoms with E-state index in [1.54, 1.807) is 11.8 Å². The number of amides is 2. The molecule has 0 saturated carbocycles. The Labute approximate surface area is 270 Å². The van der Waals surface area contributed by atoms with Crippen molar-refractivity contribution in [3.05, 3.63) is 89.2 Å². The van der Waals surface area contributed by atoms with Crippen LogP contribution >= 0.6 is 0 Å². The molecule has 1 heterocycles. The fraction of sp³-hybridized carbons (Fsp3) is 0.333. The summed E-state index contributed by atoms with van der Waals surface area (Å²) in [6.07, 6.45) is -9.69. The Balaban J connectivity index is 1.48. The van der Waals surface area contributed by atoms with E-state index in [4.69, 9.17) is 5.73 Å². The maximum atomic E-state index is 14.3. The largest absolute Gasteiger partial charge is 0.573 e. The van der Waals surface area contributed by atoms with Gasteiger partial charge in [0.2, 0.25) is 15.9 Å². The average Bonchev–Trinajstić information content (AvgIpc) is 2.93. The Bertz CT molecular complexity index is 1650. The number of primary amides is 1. The number of likely N-dealkylation sites (tertiary alicyclic amines) is 1. The van der Waals surface area contributed by atoms with E-state index in [1.807, 2.05) is 0 Å². The van der Waals surface area contributed by atoms with Crippen LogP contribution in [0.3, 0.4) is 0 Å². The van der Waals surface area contributed by atoms with Crippen LogP contribution in [-0.4, -0.2) is 62.7 Å². The first kappa shape index (κ1) is 36.3. The van der Waals surface area contributed by atoms with Gasteiger partial charge in [0.1, 0.15) is 23.4 Å². The minimum Gasteiger partial charge on any atom is -0.406 e. The zero-order valence-electron chi connectivity index (χ0n) is 24.9. The smallest absolute Gasteiger partial charge is 0.406 e. The zero-order valence-corrected chi connectivity index (χ0v) is 25.8. The van der Waals surface area contributed by atoms with Crippen molar-refractivity contribution in [2.75, 3.05) is 23.6 Å². The summed E-state index contributed by atoms with van der Waals surface area (Å²) in [5, 5.41) is 2.34. The van der Waals surface area contributed by atoms with Crippen molar-refractivity contribution in [3.63, 3.8) is 0 Å². The topological polar surface area (TPSA) is 140 Å². The third-order valence-electron chi connectivity index (χ3n) is 7.15. The number of alkyl halides is 6. The van der Waals surface area contributed by atoms with Gasteiger partial charge in [0.15, 0.2) is 0 Å². The van der Waals surface area contributed by atoms with Gasteiger partial charge in [-0.25, -0.2) is 12.8 Å². The molecule has 0 aliphatic carbocycles. The molecule has 1 fully saturated rings. The van der Waals surface area contributed by atoms with Crippen LogP contribution < -0.4 is 25.2 Å². The maximum Gasteiger partial charge on any atom is 0.573 e. The molecule has 0 bridgehead atoms. The van der Waals surface area contributed by atoms with Crippen molar-refractivity contribution in [2.24, 2.45) is 11.7 Å². The highest BCUT2D eigenvalue weighted by atomic mass is 32.2. The number of rotatable bonds is 13. The van der Waals surface area contributed by atoms with E-state index in [-0.39, 0.29) is 30.8 Å². The normalized spacial score (nSPS) is 15.0. The van der Waals surface area contributed by atoms with Crippen molar-refractivity contribution in [2.45, 2.75) is 38.2 Å². The second-order valence-corrected chi connectivity index (χ2v) is 12.7. The lowest BCUT2D eigenvalue weighted by Crippen LogP contribution is -2.51. The summed E-state index contributed by atoms with van der Waals surface area (Å²) in [6, 6.07) is 10.8. The lowest BCUT2D eigenvalue weighted by Gasteiger charge is -2.44. The molecular weight excluding hydrogens is 677 g/mol. The number of carbonyl (C=O) groups excluding carboxylic acids is 2. The fourth-order valence-electron chi connectivity index (χ4n) is 5.17. The van der Waals surface area contributed by atoms with Crippen molar-refractivity contribution >= 4 is 27.5 Å². The summed E-state index contributed by atoms with van der Waals surface area (Å²) < 4.78 is 126. The maximum absolute atomic E-state index is 14.3. The van der Waals surface area contributed by atoms with Crippen LogP contribution in [0.25, 0.3) is 0 Å². The van der Waals surface area contributed by atoms with Crippen LogP contribution in [0.15, 0.2) is 66.7 Å². The van der Waals surface area contributed by atoms with Gasteiger partial charge in [-0.15, -0.1) is 26.3 Å². The fourth-order valence-corrected chi connectivity index (χ4v) is 6.56. The number of carbonyl (C=O) groups is 2. The molecule has 1 atom stereocenters. The first-order valence-electron chi connectivity index (χ1n) is 14.2. The van der Waals surface area contributed by atoms with Crippen LogP contribution in [0.4, 0.5) is 36.4 Å². The Morgan fingerprint density at radius 3 is 1.83 bits per heavy atom. The molecule has 18 heteroatoms. The van der Waals surface area contributed by atoms with E-state index in [0.29, 0.717) is 11.1 Å². The first-order valence-corrected chi connectivity index (χ1v) is 15.8. The number of nitrogens with zero attached hydrogens (tertiary/aromatic N) is 1. The molecule has 0 spiro atoms. The van der Waals surface area contributed by atoms with Crippen LogP contribution in [0.1, 0.15) is 40.9 Å². The molecule has 1 unspecified atom stereocenters. The summed E-state index contributed by atoms with van der Waals surface area (Å²) in [6.45, 7) is 1.89. The number of halogens is 7. The summed E-state index contributed by atoms with van der Waals surface area (Å²) in [5.74, 6) is -4.49. The molecule has 1 saturated heterocycles. The van der Waals surface area contributed by atoms with Gasteiger partial charge in [-0.05, 0) is 60.0 Å². The van der Waals surface area contributed by atoms with E-state index in [0.717, 1.165) is 42.5 Å². The third-order valence-corrected chi connectivity index (χ3v) is 8.61. The molecule has 0 aromatic heterocycles. The molecule has 48 heavy (non-hydrogen) atoms. The number of ether oxygens (including phenoxy) is 2. The number of nitrogens with two attached hydrogens (primary N) is 1. The summed E-state index contributed by atoms with van der Waals surface area (Å²) >= 11 is 0. The summed E-state index contributed by atoms with van der Waals surface area (Å²) in [5.41, 5.74) is 5.60. The molecule has 3 aromatic rings. The lowest BCUT2D eigenvalue weighted by molar-refractivity contribution is -0.275. The SMILES string of the molecule is CCC(NC(=O)c1cc(F)cc(NS(=O)(=O)CC2CN(C(c3ccc(OC(F)(F)F)cc3)c3ccc(OC(F)(F)F)cc3)C2)c1)C(N)=O. The van der Waals surface area contributed by atoms with E-state index in [2.05, 4.69) is 19.5 Å². The summed E-state index contributed by atoms with van der Waals surface area (Å²) in [4.78, 5) is 25.8. The molecule has 4 rings (SSSR count). The second-order valence-electron chi connectivity index (χ2n) is 10.9. The Kier molecular flexibility index (Phi) is 10.8. The van der Waals surface area contributed by atoms with Gasteiger partial charge in [0.25, 0.3) is 5.91 Å². The van der Waals surface area contributed by atoms with Crippen molar-refractivity contribution in [1.82, 2.24) is 10.2 Å². The summed E-state index contributed by atoms with van der Waals surface area (Å²) in [7, 11) is -4.11. The number of nitrogens with one attached hydrogen (secondary N) is 2. The van der Waals surface area contributed by atoms with Gasteiger partial charge in [0.05, 0.1) is 17.5 Å². The second kappa shape index (κ2) is 14.3. The van der Waals surface area contributed by atoms with Crippen LogP contribution in [0, 0.1) is 11.7 Å². The van der Waals surface area contributed by atoms with Gasteiger partial charge in [0, 0.05) is 24.6 Å². The molecule has 1 aliphatic rings. The van der Waals surface area contributed by atoms with Crippen molar-refractivity contribution in [1.29, 1.82) is 0 Å². The molecule has 4 N–H and O–H groups in total. The zero-order chi connectivity index (χ0) is 35.4. The van der Waals surface area contributed by atoms with Crippen LogP contribution in [0.2, 0.25) is 0 Å². The van der Waals surface area contributed by atoms with Crippen LogP contribution in [-0.2, 0) is 14.8 Å². The Morgan fingerprint density at radius 1 is 0.896 bits per heavy atom. The number of anilines is 1. The number of benzene rings is 3. The molecule has 3 aromatic carbocycles. The molecule has 10 nitrogen and oxygen atoms in total. The van der Waals surface area contributed by atoms with E-state index in [1.165, 1.54) is 24.3 Å². The predicted molar refractivity (Wildman–Crippen MR) is 158 cm³/mol. The Hall–Kier alpha value is -4.58. The minimum atomic E-state index is -4.93. The highest BCUT2D eigenvalue weighted by Crippen LogP contribution is 2.37. The van der Waals surface area contributed by atoms with Crippen LogP contribution in [0.5, 0.6) is 11.5 Å². The van der Waals surface area contributed by atoms with Gasteiger partial charge >= 0.3 is 12.7 Å². The number of hydrogen-bond donors (Lipinski definition) is 3.